The van der Waals surface area contributed by atoms with Crippen molar-refractivity contribution in [3.05, 3.63) is 53.3 Å². The van der Waals surface area contributed by atoms with Gasteiger partial charge in [-0.2, -0.15) is 0 Å². The molecule has 0 bridgehead atoms. The fraction of sp³-hybridized carbons (Fsp3) is 0.312. The van der Waals surface area contributed by atoms with Crippen LogP contribution in [-0.2, 0) is 12.8 Å². The zero-order valence-electron chi connectivity index (χ0n) is 11.1. The first-order chi connectivity index (χ1) is 9.90. The van der Waals surface area contributed by atoms with E-state index in [-0.39, 0.29) is 0 Å². The fourth-order valence-electron chi connectivity index (χ4n) is 2.94. The van der Waals surface area contributed by atoms with Crippen LogP contribution in [0.3, 0.4) is 0 Å². The standard InChI is InChI=1S/C16H16N2O2/c1-2-5-17-12(3-1)8-14-13-9-16-15(19-10-20-16)7-11(13)4-6-18-14/h1-3,5,7,9,14,18H,4,6,8,10H2. The van der Waals surface area contributed by atoms with E-state index < -0.39 is 0 Å². The van der Waals surface area contributed by atoms with E-state index in [1.807, 2.05) is 18.3 Å². The zero-order valence-corrected chi connectivity index (χ0v) is 11.1. The average molecular weight is 268 g/mol. The lowest BCUT2D eigenvalue weighted by molar-refractivity contribution is 0.174. The van der Waals surface area contributed by atoms with Crippen molar-refractivity contribution in [3.8, 4) is 11.5 Å². The molecule has 1 aromatic carbocycles. The monoisotopic (exact) mass is 268 g/mol. The van der Waals surface area contributed by atoms with Crippen molar-refractivity contribution < 1.29 is 9.47 Å². The SMILES string of the molecule is c1ccc(CC2NCCc3cc4c(cc32)OCO4)nc1. The van der Waals surface area contributed by atoms with Crippen molar-refractivity contribution in [1.82, 2.24) is 10.3 Å². The highest BCUT2D eigenvalue weighted by Crippen LogP contribution is 2.38. The molecule has 4 nitrogen and oxygen atoms in total. The molecular formula is C16H16N2O2. The number of nitrogens with zero attached hydrogens (tertiary/aromatic N) is 1. The van der Waals surface area contributed by atoms with Gasteiger partial charge >= 0.3 is 0 Å². The van der Waals surface area contributed by atoms with Crippen molar-refractivity contribution >= 4 is 0 Å². The topological polar surface area (TPSA) is 43.4 Å². The summed E-state index contributed by atoms with van der Waals surface area (Å²) in [7, 11) is 0. The summed E-state index contributed by atoms with van der Waals surface area (Å²) in [5.74, 6) is 1.74. The molecule has 4 heteroatoms. The van der Waals surface area contributed by atoms with Gasteiger partial charge in [-0.25, -0.2) is 0 Å². The Morgan fingerprint density at radius 2 is 2.10 bits per heavy atom. The average Bonchev–Trinajstić information content (AvgIpc) is 2.94. The molecule has 0 fully saturated rings. The van der Waals surface area contributed by atoms with Crippen LogP contribution in [0.5, 0.6) is 11.5 Å². The number of hydrogen-bond acceptors (Lipinski definition) is 4. The number of nitrogens with one attached hydrogen (secondary N) is 1. The van der Waals surface area contributed by atoms with Gasteiger partial charge in [0.2, 0.25) is 6.79 Å². The summed E-state index contributed by atoms with van der Waals surface area (Å²) in [4.78, 5) is 4.42. The molecule has 20 heavy (non-hydrogen) atoms. The second-order valence-corrected chi connectivity index (χ2v) is 5.19. The molecular weight excluding hydrogens is 252 g/mol. The molecule has 2 aromatic rings. The summed E-state index contributed by atoms with van der Waals surface area (Å²) in [5.41, 5.74) is 3.77. The maximum Gasteiger partial charge on any atom is 0.231 e. The second kappa shape index (κ2) is 4.80. The van der Waals surface area contributed by atoms with Gasteiger partial charge in [0, 0.05) is 24.4 Å². The molecule has 1 N–H and O–H groups in total. The van der Waals surface area contributed by atoms with Crippen LogP contribution in [0.4, 0.5) is 0 Å². The molecule has 4 rings (SSSR count). The predicted octanol–water partition coefficient (Wildman–Crippen LogP) is 2.24. The molecule has 1 atom stereocenters. The molecule has 3 heterocycles. The molecule has 0 spiro atoms. The minimum atomic E-state index is 0.295. The summed E-state index contributed by atoms with van der Waals surface area (Å²) in [6, 6.07) is 10.6. The van der Waals surface area contributed by atoms with Crippen molar-refractivity contribution in [2.24, 2.45) is 0 Å². The lowest BCUT2D eigenvalue weighted by atomic mass is 9.91. The first-order valence-corrected chi connectivity index (χ1v) is 6.96. The van der Waals surface area contributed by atoms with Gasteiger partial charge < -0.3 is 14.8 Å². The quantitative estimate of drug-likeness (QED) is 0.907. The minimum Gasteiger partial charge on any atom is -0.454 e. The Morgan fingerprint density at radius 1 is 1.20 bits per heavy atom. The molecule has 1 aromatic heterocycles. The third kappa shape index (κ3) is 2.02. The van der Waals surface area contributed by atoms with E-state index in [1.165, 1.54) is 11.1 Å². The third-order valence-electron chi connectivity index (χ3n) is 3.93. The van der Waals surface area contributed by atoms with Gasteiger partial charge in [0.15, 0.2) is 11.5 Å². The van der Waals surface area contributed by atoms with E-state index in [2.05, 4.69) is 28.5 Å². The Hall–Kier alpha value is -2.07. The zero-order chi connectivity index (χ0) is 13.4. The van der Waals surface area contributed by atoms with E-state index >= 15 is 0 Å². The van der Waals surface area contributed by atoms with Crippen LogP contribution in [0, 0.1) is 0 Å². The molecule has 2 aliphatic rings. The van der Waals surface area contributed by atoms with Crippen molar-refractivity contribution in [1.29, 1.82) is 0 Å². The van der Waals surface area contributed by atoms with E-state index in [0.717, 1.165) is 36.6 Å². The van der Waals surface area contributed by atoms with Crippen LogP contribution in [0.15, 0.2) is 36.5 Å². The highest BCUT2D eigenvalue weighted by atomic mass is 16.7. The Morgan fingerprint density at radius 3 is 2.95 bits per heavy atom. The van der Waals surface area contributed by atoms with E-state index in [0.29, 0.717) is 12.8 Å². The van der Waals surface area contributed by atoms with Gasteiger partial charge in [-0.15, -0.1) is 0 Å². The molecule has 0 aliphatic carbocycles. The lowest BCUT2D eigenvalue weighted by Crippen LogP contribution is -2.31. The normalized spacial score (nSPS) is 19.7. The third-order valence-corrected chi connectivity index (χ3v) is 3.93. The number of benzene rings is 1. The van der Waals surface area contributed by atoms with Crippen LogP contribution in [-0.4, -0.2) is 18.3 Å². The summed E-state index contributed by atoms with van der Waals surface area (Å²) >= 11 is 0. The lowest BCUT2D eigenvalue weighted by Gasteiger charge is -2.27. The largest absolute Gasteiger partial charge is 0.454 e. The minimum absolute atomic E-state index is 0.295. The predicted molar refractivity (Wildman–Crippen MR) is 75.0 cm³/mol. The maximum atomic E-state index is 5.50. The first-order valence-electron chi connectivity index (χ1n) is 6.96. The summed E-state index contributed by atoms with van der Waals surface area (Å²) < 4.78 is 11.0. The molecule has 0 radical (unpaired) electrons. The number of ether oxygens (including phenoxy) is 2. The number of aromatic nitrogens is 1. The highest BCUT2D eigenvalue weighted by Gasteiger charge is 2.25. The van der Waals surface area contributed by atoms with Gasteiger partial charge in [0.25, 0.3) is 0 Å². The fourth-order valence-corrected chi connectivity index (χ4v) is 2.94. The Labute approximate surface area is 117 Å². The molecule has 102 valence electrons. The van der Waals surface area contributed by atoms with Crippen LogP contribution in [0.25, 0.3) is 0 Å². The van der Waals surface area contributed by atoms with Gasteiger partial charge in [0.1, 0.15) is 0 Å². The number of fused-ring (bicyclic) bond motifs is 2. The van der Waals surface area contributed by atoms with Crippen molar-refractivity contribution in [2.45, 2.75) is 18.9 Å². The molecule has 0 amide bonds. The Bertz CT molecular complexity index is 628. The first kappa shape index (κ1) is 11.7. The molecule has 1 unspecified atom stereocenters. The van der Waals surface area contributed by atoms with Crippen LogP contribution in [0.1, 0.15) is 22.9 Å². The van der Waals surface area contributed by atoms with E-state index in [4.69, 9.17) is 9.47 Å². The van der Waals surface area contributed by atoms with Crippen molar-refractivity contribution in [2.75, 3.05) is 13.3 Å². The van der Waals surface area contributed by atoms with Gasteiger partial charge in [0.05, 0.1) is 0 Å². The van der Waals surface area contributed by atoms with Gasteiger partial charge in [-0.05, 0) is 48.4 Å². The maximum absolute atomic E-state index is 5.50. The Kier molecular flexibility index (Phi) is 2.81. The highest BCUT2D eigenvalue weighted by molar-refractivity contribution is 5.50. The molecule has 0 saturated carbocycles. The number of rotatable bonds is 2. The van der Waals surface area contributed by atoms with Crippen LogP contribution >= 0.6 is 0 Å². The van der Waals surface area contributed by atoms with Gasteiger partial charge in [-0.1, -0.05) is 6.07 Å². The van der Waals surface area contributed by atoms with E-state index in [9.17, 15) is 0 Å². The summed E-state index contributed by atoms with van der Waals surface area (Å²) in [5, 5.41) is 3.58. The van der Waals surface area contributed by atoms with Crippen molar-refractivity contribution in [3.63, 3.8) is 0 Å². The van der Waals surface area contributed by atoms with Gasteiger partial charge in [-0.3, -0.25) is 4.98 Å². The van der Waals surface area contributed by atoms with Crippen LogP contribution in [0.2, 0.25) is 0 Å². The number of pyridine rings is 1. The Balaban J connectivity index is 1.68. The van der Waals surface area contributed by atoms with Crippen LogP contribution < -0.4 is 14.8 Å². The molecule has 0 saturated heterocycles. The second-order valence-electron chi connectivity index (χ2n) is 5.19. The summed E-state index contributed by atoms with van der Waals surface area (Å²) in [6.45, 7) is 1.32. The van der Waals surface area contributed by atoms with E-state index in [1.54, 1.807) is 0 Å². The number of hydrogen-bond donors (Lipinski definition) is 1. The molecule has 2 aliphatic heterocycles. The summed E-state index contributed by atoms with van der Waals surface area (Å²) in [6.07, 6.45) is 3.77. The smallest absolute Gasteiger partial charge is 0.231 e.